The number of fused-ring (bicyclic) bond motifs is 1. The lowest BCUT2D eigenvalue weighted by molar-refractivity contribution is -0.132. The van der Waals surface area contributed by atoms with Crippen molar-refractivity contribution in [2.24, 2.45) is 23.0 Å². The molecular formula is C28H38N6O3. The highest BCUT2D eigenvalue weighted by Gasteiger charge is 2.63. The van der Waals surface area contributed by atoms with E-state index in [4.69, 9.17) is 11.1 Å². The maximum Gasteiger partial charge on any atom is 0.242 e. The van der Waals surface area contributed by atoms with Gasteiger partial charge in [-0.3, -0.25) is 19.9 Å². The van der Waals surface area contributed by atoms with Crippen LogP contribution in [-0.2, 0) is 16.1 Å². The molecule has 0 bridgehead atoms. The summed E-state index contributed by atoms with van der Waals surface area (Å²) in [6, 6.07) is 15.2. The minimum atomic E-state index is -0.738. The molecule has 4 atom stereocenters. The molecule has 1 heterocycles. The first kappa shape index (κ1) is 26.5. The number of phenols is 1. The lowest BCUT2D eigenvalue weighted by Gasteiger charge is -2.31. The molecule has 9 heteroatoms. The van der Waals surface area contributed by atoms with Gasteiger partial charge < -0.3 is 26.8 Å². The Morgan fingerprint density at radius 2 is 1.70 bits per heavy atom. The van der Waals surface area contributed by atoms with Crippen LogP contribution in [0.2, 0.25) is 0 Å². The Balaban J connectivity index is 1.45. The van der Waals surface area contributed by atoms with Crippen LogP contribution >= 0.6 is 0 Å². The average Bonchev–Trinajstić information content (AvgIpc) is 3.18. The van der Waals surface area contributed by atoms with Crippen molar-refractivity contribution in [1.29, 1.82) is 5.41 Å². The number of phenolic OH excluding ortho intramolecular Hbond substituents is 1. The number of carbonyl (C=O) groups excluding carboxylic acids is 2. The van der Waals surface area contributed by atoms with Crippen molar-refractivity contribution in [3.8, 4) is 5.75 Å². The number of hydrogen-bond acceptors (Lipinski definition) is 5. The van der Waals surface area contributed by atoms with Gasteiger partial charge in [-0.25, -0.2) is 0 Å². The Kier molecular flexibility index (Phi) is 8.02. The summed E-state index contributed by atoms with van der Waals surface area (Å²) >= 11 is 0. The molecule has 2 aromatic rings. The zero-order valence-electron chi connectivity index (χ0n) is 21.5. The molecule has 2 amide bonds. The molecule has 2 aromatic carbocycles. The van der Waals surface area contributed by atoms with Crippen LogP contribution < -0.4 is 21.7 Å². The van der Waals surface area contributed by atoms with E-state index in [0.29, 0.717) is 36.6 Å². The number of nitrogens with one attached hydrogen (secondary N) is 4. The number of piperidine rings is 1. The van der Waals surface area contributed by atoms with E-state index in [1.54, 1.807) is 24.3 Å². The second-order valence-electron chi connectivity index (χ2n) is 10.7. The van der Waals surface area contributed by atoms with E-state index in [1.165, 1.54) is 0 Å². The Morgan fingerprint density at radius 3 is 2.32 bits per heavy atom. The standard InChI is InChI=1S/C28H38N6O3/c1-28(2)21-16-34(17-22(21)28)24(19-7-4-3-5-8-19)26(37)33-23(9-6-14-31-27(29)30)25(36)32-15-18-10-12-20(35)13-11-18/h3-5,7-8,10-13,21-24,35H,6,9,14-17H2,1-2H3,(H,32,36)(H,33,37)(H4,29,30,31)/t21?,22?,23-,24+/m1/s1. The molecule has 198 valence electrons. The predicted molar refractivity (Wildman–Crippen MR) is 143 cm³/mol. The number of benzene rings is 2. The molecule has 7 N–H and O–H groups in total. The first-order chi connectivity index (χ1) is 17.7. The van der Waals surface area contributed by atoms with Gasteiger partial charge in [0.1, 0.15) is 17.8 Å². The van der Waals surface area contributed by atoms with Gasteiger partial charge in [0.05, 0.1) is 0 Å². The first-order valence-electron chi connectivity index (χ1n) is 12.9. The Morgan fingerprint density at radius 1 is 1.05 bits per heavy atom. The number of guanidine groups is 1. The summed E-state index contributed by atoms with van der Waals surface area (Å²) in [5, 5.41) is 25.5. The number of amides is 2. The van der Waals surface area contributed by atoms with E-state index in [1.807, 2.05) is 30.3 Å². The lowest BCUT2D eigenvalue weighted by atomic mass is 10.00. The van der Waals surface area contributed by atoms with Crippen molar-refractivity contribution < 1.29 is 14.7 Å². The first-order valence-corrected chi connectivity index (χ1v) is 12.9. The van der Waals surface area contributed by atoms with Crippen molar-refractivity contribution >= 4 is 17.8 Å². The summed E-state index contributed by atoms with van der Waals surface area (Å²) < 4.78 is 0. The number of carbonyl (C=O) groups is 2. The van der Waals surface area contributed by atoms with E-state index in [9.17, 15) is 14.7 Å². The zero-order chi connectivity index (χ0) is 26.6. The van der Waals surface area contributed by atoms with Crippen LogP contribution in [0.4, 0.5) is 0 Å². The van der Waals surface area contributed by atoms with Crippen molar-refractivity contribution in [2.75, 3.05) is 19.6 Å². The Labute approximate surface area is 218 Å². The molecule has 1 saturated carbocycles. The zero-order valence-corrected chi connectivity index (χ0v) is 21.5. The largest absolute Gasteiger partial charge is 0.508 e. The fourth-order valence-corrected chi connectivity index (χ4v) is 5.51. The van der Waals surface area contributed by atoms with E-state index in [0.717, 1.165) is 24.2 Å². The highest BCUT2D eigenvalue weighted by atomic mass is 16.3. The third-order valence-electron chi connectivity index (χ3n) is 7.90. The van der Waals surface area contributed by atoms with E-state index in [-0.39, 0.29) is 30.1 Å². The van der Waals surface area contributed by atoms with Gasteiger partial charge in [0, 0.05) is 26.2 Å². The summed E-state index contributed by atoms with van der Waals surface area (Å²) in [5.74, 6) is 0.753. The summed E-state index contributed by atoms with van der Waals surface area (Å²) in [4.78, 5) is 29.2. The molecule has 2 unspecified atom stereocenters. The summed E-state index contributed by atoms with van der Waals surface area (Å²) in [6.07, 6.45) is 0.947. The third-order valence-corrected chi connectivity index (χ3v) is 7.90. The Hall–Kier alpha value is -3.59. The van der Waals surface area contributed by atoms with Crippen molar-refractivity contribution in [3.63, 3.8) is 0 Å². The van der Waals surface area contributed by atoms with Crippen LogP contribution in [0.1, 0.15) is 43.9 Å². The quantitative estimate of drug-likeness (QED) is 0.156. The van der Waals surface area contributed by atoms with Crippen LogP contribution in [0.3, 0.4) is 0 Å². The summed E-state index contributed by atoms with van der Waals surface area (Å²) in [7, 11) is 0. The third kappa shape index (κ3) is 6.40. The lowest BCUT2D eigenvalue weighted by Crippen LogP contribution is -2.50. The predicted octanol–water partition coefficient (Wildman–Crippen LogP) is 2.09. The number of nitrogens with two attached hydrogens (primary N) is 1. The molecule has 2 aliphatic rings. The van der Waals surface area contributed by atoms with E-state index >= 15 is 0 Å². The fraction of sp³-hybridized carbons (Fsp3) is 0.464. The van der Waals surface area contributed by atoms with Crippen LogP contribution in [0.5, 0.6) is 5.75 Å². The van der Waals surface area contributed by atoms with Gasteiger partial charge in [-0.2, -0.15) is 0 Å². The molecule has 0 spiro atoms. The van der Waals surface area contributed by atoms with Crippen LogP contribution in [0, 0.1) is 22.7 Å². The second-order valence-corrected chi connectivity index (χ2v) is 10.7. The van der Waals surface area contributed by atoms with E-state index < -0.39 is 12.1 Å². The number of hydrogen-bond donors (Lipinski definition) is 6. The molecule has 1 aliphatic heterocycles. The maximum atomic E-state index is 13.8. The van der Waals surface area contributed by atoms with Crippen molar-refractivity contribution in [3.05, 3.63) is 65.7 Å². The SMILES string of the molecule is CC1(C)C2CN([C@H](C(=O)N[C@H](CCCNC(=N)N)C(=O)NCc3ccc(O)cc3)c3ccccc3)CC21. The Bertz CT molecular complexity index is 1090. The highest BCUT2D eigenvalue weighted by molar-refractivity contribution is 5.90. The molecule has 1 saturated heterocycles. The van der Waals surface area contributed by atoms with Gasteiger partial charge in [-0.05, 0) is 53.4 Å². The minimum Gasteiger partial charge on any atom is -0.508 e. The number of rotatable bonds is 11. The van der Waals surface area contributed by atoms with Crippen molar-refractivity contribution in [1.82, 2.24) is 20.9 Å². The number of nitrogens with zero attached hydrogens (tertiary/aromatic N) is 1. The minimum absolute atomic E-state index is 0.128. The molecule has 0 radical (unpaired) electrons. The van der Waals surface area contributed by atoms with Gasteiger partial charge >= 0.3 is 0 Å². The molecule has 9 nitrogen and oxygen atoms in total. The van der Waals surface area contributed by atoms with Crippen molar-refractivity contribution in [2.45, 2.75) is 45.3 Å². The van der Waals surface area contributed by atoms with Crippen LogP contribution in [0.25, 0.3) is 0 Å². The molecule has 1 aliphatic carbocycles. The van der Waals surface area contributed by atoms with Crippen LogP contribution in [-0.4, -0.2) is 53.5 Å². The number of aromatic hydroxyl groups is 1. The van der Waals surface area contributed by atoms with Gasteiger partial charge in [-0.15, -0.1) is 0 Å². The van der Waals surface area contributed by atoms with Gasteiger partial charge in [0.25, 0.3) is 0 Å². The summed E-state index contributed by atoms with van der Waals surface area (Å²) in [5.41, 5.74) is 7.47. The molecule has 2 fully saturated rings. The van der Waals surface area contributed by atoms with Gasteiger partial charge in [0.15, 0.2) is 5.96 Å². The van der Waals surface area contributed by atoms with Gasteiger partial charge in [0.2, 0.25) is 11.8 Å². The topological polar surface area (TPSA) is 144 Å². The second kappa shape index (κ2) is 11.2. The fourth-order valence-electron chi connectivity index (χ4n) is 5.51. The van der Waals surface area contributed by atoms with Crippen LogP contribution in [0.15, 0.2) is 54.6 Å². The molecule has 0 aromatic heterocycles. The monoisotopic (exact) mass is 506 g/mol. The smallest absolute Gasteiger partial charge is 0.242 e. The summed E-state index contributed by atoms with van der Waals surface area (Å²) in [6.45, 7) is 7.03. The van der Waals surface area contributed by atoms with E-state index in [2.05, 4.69) is 34.7 Å². The average molecular weight is 507 g/mol. The normalized spacial score (nSPS) is 21.4. The highest BCUT2D eigenvalue weighted by Crippen LogP contribution is 2.62. The molecular weight excluding hydrogens is 468 g/mol. The maximum absolute atomic E-state index is 13.8. The number of likely N-dealkylation sites (tertiary alicyclic amines) is 1. The molecule has 4 rings (SSSR count). The van der Waals surface area contributed by atoms with Gasteiger partial charge in [-0.1, -0.05) is 56.3 Å². The molecule has 37 heavy (non-hydrogen) atoms.